The van der Waals surface area contributed by atoms with Gasteiger partial charge in [0, 0.05) is 5.56 Å². The fraction of sp³-hybridized carbons (Fsp3) is 0.650. The van der Waals surface area contributed by atoms with Crippen LogP contribution < -0.4 is 4.74 Å². The van der Waals surface area contributed by atoms with Gasteiger partial charge in [0.15, 0.2) is 11.5 Å². The second-order valence-electron chi connectivity index (χ2n) is 8.05. The smallest absolute Gasteiger partial charge is 0.160 e. The first-order valence-corrected chi connectivity index (χ1v) is 9.19. The summed E-state index contributed by atoms with van der Waals surface area (Å²) in [6.07, 6.45) is 4.70. The molecule has 0 aromatic heterocycles. The van der Waals surface area contributed by atoms with Gasteiger partial charge in [0.1, 0.15) is 7.11 Å². The molecule has 2 saturated carbocycles. The number of methoxy groups -OCH3 is 1. The van der Waals surface area contributed by atoms with Crippen LogP contribution in [0.4, 0.5) is 0 Å². The number of fused-ring (bicyclic) bond motifs is 5. The third kappa shape index (κ3) is 2.35. The summed E-state index contributed by atoms with van der Waals surface area (Å²) < 4.78 is 5.35. The largest absolute Gasteiger partial charge is 0.504 e. The number of phenolic OH excluding ortho intramolecular Hbond substituents is 1. The zero-order valence-electron chi connectivity index (χ0n) is 15.2. The predicted molar refractivity (Wildman–Crippen MR) is 95.1 cm³/mol. The maximum Gasteiger partial charge on any atom is 0.160 e. The van der Waals surface area contributed by atoms with Crippen LogP contribution in [0, 0.1) is 17.3 Å². The highest BCUT2D eigenvalue weighted by Crippen LogP contribution is 2.61. The number of ether oxygens (including phenoxy) is 1. The Morgan fingerprint density at radius 1 is 1.20 bits per heavy atom. The molecule has 0 spiro atoms. The Labute approximate surface area is 148 Å². The zero-order valence-corrected chi connectivity index (χ0v) is 15.2. The molecule has 4 unspecified atom stereocenters. The van der Waals surface area contributed by atoms with Gasteiger partial charge in [-0.25, -0.2) is 0 Å². The van der Waals surface area contributed by atoms with Crippen LogP contribution in [0.3, 0.4) is 0 Å². The minimum Gasteiger partial charge on any atom is -0.504 e. The van der Waals surface area contributed by atoms with Gasteiger partial charge < -0.3 is 19.8 Å². The fourth-order valence-corrected chi connectivity index (χ4v) is 5.76. The Hall–Kier alpha value is -1.75. The highest BCUT2D eigenvalue weighted by atomic mass is 16.6. The number of aromatic hydroxyl groups is 1. The van der Waals surface area contributed by atoms with Crippen LogP contribution in [0.2, 0.25) is 0 Å². The minimum atomic E-state index is -0.197. The number of hydrogen-bond donors (Lipinski definition) is 2. The van der Waals surface area contributed by atoms with Crippen LogP contribution in [-0.4, -0.2) is 36.2 Å². The molecule has 0 aliphatic heterocycles. The summed E-state index contributed by atoms with van der Waals surface area (Å²) in [5.74, 6) is 2.02. The molecule has 2 fully saturated rings. The van der Waals surface area contributed by atoms with Gasteiger partial charge in [-0.15, -0.1) is 0 Å². The second-order valence-corrected chi connectivity index (χ2v) is 8.05. The van der Waals surface area contributed by atoms with E-state index in [1.165, 1.54) is 5.56 Å². The standard InChI is InChI=1S/C20H27NO4/c1-20-7-6-11-12-10-18(24-2)17(22)9-14(12)16(21-25-3)8-13(11)15(20)4-5-19(20)23/h9-11,13,15,19,22-23H,4-8H2,1-3H3/b21-16-/t11?,13?,15?,19?,20-/m0/s1. The second kappa shape index (κ2) is 5.90. The molecule has 3 aliphatic carbocycles. The van der Waals surface area contributed by atoms with Gasteiger partial charge in [0.05, 0.1) is 18.9 Å². The van der Waals surface area contributed by atoms with Gasteiger partial charge in [-0.2, -0.15) is 0 Å². The van der Waals surface area contributed by atoms with Gasteiger partial charge in [0.2, 0.25) is 0 Å². The summed E-state index contributed by atoms with van der Waals surface area (Å²) in [4.78, 5) is 5.10. The molecule has 5 heteroatoms. The molecule has 1 aromatic rings. The molecule has 5 atom stereocenters. The Kier molecular flexibility index (Phi) is 3.95. The summed E-state index contributed by atoms with van der Waals surface area (Å²) in [5, 5.41) is 25.0. The molecular formula is C20H27NO4. The quantitative estimate of drug-likeness (QED) is 0.806. The molecule has 3 aliphatic rings. The van der Waals surface area contributed by atoms with Gasteiger partial charge in [-0.1, -0.05) is 12.1 Å². The van der Waals surface area contributed by atoms with Crippen molar-refractivity contribution in [1.29, 1.82) is 0 Å². The first-order valence-electron chi connectivity index (χ1n) is 9.19. The molecule has 0 heterocycles. The Morgan fingerprint density at radius 2 is 2.00 bits per heavy atom. The van der Waals surface area contributed by atoms with E-state index in [1.54, 1.807) is 20.3 Å². The van der Waals surface area contributed by atoms with E-state index in [1.807, 2.05) is 6.07 Å². The number of benzene rings is 1. The van der Waals surface area contributed by atoms with E-state index in [-0.39, 0.29) is 17.3 Å². The van der Waals surface area contributed by atoms with Crippen LogP contribution >= 0.6 is 0 Å². The van der Waals surface area contributed by atoms with E-state index in [4.69, 9.17) is 9.57 Å². The van der Waals surface area contributed by atoms with E-state index in [9.17, 15) is 10.2 Å². The third-order valence-electron chi connectivity index (χ3n) is 7.08. The molecular weight excluding hydrogens is 318 g/mol. The molecule has 0 bridgehead atoms. The Bertz CT molecular complexity index is 716. The highest BCUT2D eigenvalue weighted by molar-refractivity contribution is 6.03. The number of aliphatic hydroxyl groups is 1. The van der Waals surface area contributed by atoms with E-state index in [2.05, 4.69) is 12.1 Å². The number of hydrogen-bond acceptors (Lipinski definition) is 5. The summed E-state index contributed by atoms with van der Waals surface area (Å²) in [7, 11) is 3.14. The van der Waals surface area contributed by atoms with Crippen molar-refractivity contribution in [3.8, 4) is 11.5 Å². The first-order chi connectivity index (χ1) is 12.0. The normalized spacial score (nSPS) is 38.0. The van der Waals surface area contributed by atoms with Gasteiger partial charge in [-0.05, 0) is 73.0 Å². The van der Waals surface area contributed by atoms with Crippen molar-refractivity contribution in [2.24, 2.45) is 22.4 Å². The number of aliphatic hydroxyl groups excluding tert-OH is 1. The van der Waals surface area contributed by atoms with Crippen LogP contribution in [0.25, 0.3) is 0 Å². The molecule has 0 saturated heterocycles. The topological polar surface area (TPSA) is 71.3 Å². The number of phenols is 1. The van der Waals surface area contributed by atoms with E-state index in [0.29, 0.717) is 23.5 Å². The number of rotatable bonds is 2. The average Bonchev–Trinajstić information content (AvgIpc) is 2.90. The fourth-order valence-electron chi connectivity index (χ4n) is 5.76. The molecule has 0 amide bonds. The highest BCUT2D eigenvalue weighted by Gasteiger charge is 2.55. The lowest BCUT2D eigenvalue weighted by atomic mass is 9.55. The van der Waals surface area contributed by atoms with E-state index in [0.717, 1.165) is 43.4 Å². The van der Waals surface area contributed by atoms with Crippen molar-refractivity contribution in [1.82, 2.24) is 0 Å². The predicted octanol–water partition coefficient (Wildman–Crippen LogP) is 3.43. The van der Waals surface area contributed by atoms with Gasteiger partial charge in [0.25, 0.3) is 0 Å². The Balaban J connectivity index is 1.82. The van der Waals surface area contributed by atoms with Crippen molar-refractivity contribution < 1.29 is 19.8 Å². The minimum absolute atomic E-state index is 0.0118. The van der Waals surface area contributed by atoms with Crippen LogP contribution in [0.5, 0.6) is 11.5 Å². The SMILES string of the molecule is CO/N=C1/CC2C(CC[C@]3(C)C(O)CCC23)c2cc(OC)c(O)cc21. The lowest BCUT2D eigenvalue weighted by molar-refractivity contribution is -0.0179. The van der Waals surface area contributed by atoms with Crippen molar-refractivity contribution >= 4 is 5.71 Å². The number of nitrogens with zero attached hydrogens (tertiary/aromatic N) is 1. The first kappa shape index (κ1) is 16.7. The Morgan fingerprint density at radius 3 is 2.72 bits per heavy atom. The lowest BCUT2D eigenvalue weighted by Gasteiger charge is -2.50. The summed E-state index contributed by atoms with van der Waals surface area (Å²) in [5.41, 5.74) is 3.08. The third-order valence-corrected chi connectivity index (χ3v) is 7.08. The summed E-state index contributed by atoms with van der Waals surface area (Å²) >= 11 is 0. The van der Waals surface area contributed by atoms with E-state index < -0.39 is 0 Å². The van der Waals surface area contributed by atoms with Gasteiger partial charge in [-0.3, -0.25) is 0 Å². The van der Waals surface area contributed by atoms with Crippen LogP contribution in [-0.2, 0) is 4.84 Å². The lowest BCUT2D eigenvalue weighted by Crippen LogP contribution is -2.45. The van der Waals surface area contributed by atoms with Gasteiger partial charge >= 0.3 is 0 Å². The van der Waals surface area contributed by atoms with Crippen molar-refractivity contribution in [2.75, 3.05) is 14.2 Å². The molecule has 4 rings (SSSR count). The monoisotopic (exact) mass is 345 g/mol. The van der Waals surface area contributed by atoms with Crippen molar-refractivity contribution in [3.05, 3.63) is 23.3 Å². The maximum atomic E-state index is 10.5. The summed E-state index contributed by atoms with van der Waals surface area (Å²) in [6, 6.07) is 3.74. The molecule has 0 radical (unpaired) electrons. The average molecular weight is 345 g/mol. The van der Waals surface area contributed by atoms with Crippen LogP contribution in [0.15, 0.2) is 17.3 Å². The molecule has 136 valence electrons. The molecule has 5 nitrogen and oxygen atoms in total. The zero-order chi connectivity index (χ0) is 17.8. The summed E-state index contributed by atoms with van der Waals surface area (Å²) in [6.45, 7) is 2.26. The molecule has 2 N–H and O–H groups in total. The molecule has 25 heavy (non-hydrogen) atoms. The number of oxime groups is 1. The van der Waals surface area contributed by atoms with Crippen molar-refractivity contribution in [2.45, 2.75) is 51.0 Å². The van der Waals surface area contributed by atoms with E-state index >= 15 is 0 Å². The maximum absolute atomic E-state index is 10.5. The molecule has 1 aromatic carbocycles. The van der Waals surface area contributed by atoms with Crippen molar-refractivity contribution in [3.63, 3.8) is 0 Å². The van der Waals surface area contributed by atoms with Crippen LogP contribution in [0.1, 0.15) is 56.1 Å².